The highest BCUT2D eigenvalue weighted by atomic mass is 16.5. The Morgan fingerprint density at radius 3 is 2.33 bits per heavy atom. The molecule has 0 fully saturated rings. The van der Waals surface area contributed by atoms with Crippen molar-refractivity contribution in [2.75, 3.05) is 0 Å². The number of para-hydroxylation sites is 1. The molecule has 0 aliphatic heterocycles. The molecule has 0 saturated carbocycles. The van der Waals surface area contributed by atoms with Gasteiger partial charge in [0.1, 0.15) is 5.75 Å². The predicted octanol–water partition coefficient (Wildman–Crippen LogP) is 0.394. The SMILES string of the molecule is CC(N)(C(=O)O)C(=O)Oc1ccccc1. The fourth-order valence-electron chi connectivity index (χ4n) is 0.789. The van der Waals surface area contributed by atoms with Crippen molar-refractivity contribution in [2.24, 2.45) is 5.73 Å². The van der Waals surface area contributed by atoms with Gasteiger partial charge in [-0.3, -0.25) is 0 Å². The average Bonchev–Trinajstić information content (AvgIpc) is 2.18. The van der Waals surface area contributed by atoms with Crippen molar-refractivity contribution >= 4 is 11.9 Å². The zero-order valence-corrected chi connectivity index (χ0v) is 8.14. The molecule has 1 atom stereocenters. The van der Waals surface area contributed by atoms with Crippen LogP contribution in [0.25, 0.3) is 0 Å². The lowest BCUT2D eigenvalue weighted by molar-refractivity contribution is -0.154. The summed E-state index contributed by atoms with van der Waals surface area (Å²) >= 11 is 0. The van der Waals surface area contributed by atoms with Crippen molar-refractivity contribution in [2.45, 2.75) is 12.5 Å². The molecule has 15 heavy (non-hydrogen) atoms. The summed E-state index contributed by atoms with van der Waals surface area (Å²) < 4.78 is 4.80. The molecule has 0 heterocycles. The van der Waals surface area contributed by atoms with Crippen LogP contribution in [0.5, 0.6) is 5.75 Å². The number of nitrogens with two attached hydrogens (primary N) is 1. The maximum absolute atomic E-state index is 11.3. The van der Waals surface area contributed by atoms with Crippen LogP contribution in [0.4, 0.5) is 0 Å². The monoisotopic (exact) mass is 209 g/mol. The van der Waals surface area contributed by atoms with Crippen molar-refractivity contribution in [1.82, 2.24) is 0 Å². The molecule has 5 heteroatoms. The Kier molecular flexibility index (Phi) is 3.06. The summed E-state index contributed by atoms with van der Waals surface area (Å²) in [5.74, 6) is -2.16. The first-order valence-electron chi connectivity index (χ1n) is 4.24. The Labute approximate surface area is 86.5 Å². The van der Waals surface area contributed by atoms with Gasteiger partial charge in [-0.2, -0.15) is 0 Å². The first kappa shape index (κ1) is 11.2. The summed E-state index contributed by atoms with van der Waals surface area (Å²) in [6.45, 7) is 1.08. The summed E-state index contributed by atoms with van der Waals surface area (Å²) in [4.78, 5) is 22.0. The van der Waals surface area contributed by atoms with E-state index in [1.165, 1.54) is 12.1 Å². The first-order valence-corrected chi connectivity index (χ1v) is 4.24. The third-order valence-corrected chi connectivity index (χ3v) is 1.82. The van der Waals surface area contributed by atoms with E-state index < -0.39 is 17.5 Å². The van der Waals surface area contributed by atoms with Crippen molar-refractivity contribution in [1.29, 1.82) is 0 Å². The molecular formula is C10H11NO4. The van der Waals surface area contributed by atoms with Gasteiger partial charge in [-0.1, -0.05) is 18.2 Å². The van der Waals surface area contributed by atoms with Crippen LogP contribution in [0.1, 0.15) is 6.92 Å². The minimum Gasteiger partial charge on any atom is -0.479 e. The van der Waals surface area contributed by atoms with Crippen LogP contribution in [-0.2, 0) is 9.59 Å². The summed E-state index contributed by atoms with van der Waals surface area (Å²) in [6.07, 6.45) is 0. The summed E-state index contributed by atoms with van der Waals surface area (Å²) in [6, 6.07) is 8.15. The number of aliphatic carboxylic acids is 1. The highest BCUT2D eigenvalue weighted by Crippen LogP contribution is 2.12. The van der Waals surface area contributed by atoms with Crippen LogP contribution in [-0.4, -0.2) is 22.6 Å². The van der Waals surface area contributed by atoms with Gasteiger partial charge < -0.3 is 15.6 Å². The first-order chi connectivity index (χ1) is 6.94. The highest BCUT2D eigenvalue weighted by Gasteiger charge is 2.39. The van der Waals surface area contributed by atoms with Crippen LogP contribution in [0.3, 0.4) is 0 Å². The molecule has 0 spiro atoms. The number of hydrogen-bond acceptors (Lipinski definition) is 4. The van der Waals surface area contributed by atoms with E-state index in [-0.39, 0.29) is 5.75 Å². The molecule has 0 saturated heterocycles. The lowest BCUT2D eigenvalue weighted by Gasteiger charge is -2.16. The summed E-state index contributed by atoms with van der Waals surface area (Å²) in [5, 5.41) is 8.66. The standard InChI is InChI=1S/C10H11NO4/c1-10(11,8(12)13)9(14)15-7-5-3-2-4-6-7/h2-6H,11H2,1H3,(H,12,13). The number of benzene rings is 1. The number of rotatable bonds is 3. The smallest absolute Gasteiger partial charge is 0.342 e. The molecule has 0 aliphatic rings. The minimum absolute atomic E-state index is 0.264. The van der Waals surface area contributed by atoms with Crippen LogP contribution < -0.4 is 10.5 Å². The Balaban J connectivity index is 2.77. The topological polar surface area (TPSA) is 89.6 Å². The summed E-state index contributed by atoms with van der Waals surface area (Å²) in [5.41, 5.74) is 3.24. The lowest BCUT2D eigenvalue weighted by atomic mass is 10.1. The molecule has 1 aromatic rings. The van der Waals surface area contributed by atoms with E-state index in [1.54, 1.807) is 18.2 Å². The lowest BCUT2D eigenvalue weighted by Crippen LogP contribution is -2.54. The minimum atomic E-state index is -2.03. The van der Waals surface area contributed by atoms with Gasteiger partial charge in [-0.15, -0.1) is 0 Å². The zero-order valence-electron chi connectivity index (χ0n) is 8.14. The maximum Gasteiger partial charge on any atom is 0.342 e. The molecule has 1 aromatic carbocycles. The third kappa shape index (κ3) is 2.54. The fourth-order valence-corrected chi connectivity index (χ4v) is 0.789. The molecule has 0 aromatic heterocycles. The Morgan fingerprint density at radius 1 is 1.33 bits per heavy atom. The molecule has 5 nitrogen and oxygen atoms in total. The summed E-state index contributed by atoms with van der Waals surface area (Å²) in [7, 11) is 0. The van der Waals surface area contributed by atoms with Crippen LogP contribution in [0.15, 0.2) is 30.3 Å². The zero-order chi connectivity index (χ0) is 11.5. The van der Waals surface area contributed by atoms with Gasteiger partial charge in [-0.25, -0.2) is 9.59 Å². The van der Waals surface area contributed by atoms with E-state index >= 15 is 0 Å². The van der Waals surface area contributed by atoms with Crippen LogP contribution in [0, 0.1) is 0 Å². The molecule has 3 N–H and O–H groups in total. The number of carbonyl (C=O) groups excluding carboxylic acids is 1. The third-order valence-electron chi connectivity index (χ3n) is 1.82. The maximum atomic E-state index is 11.3. The number of ether oxygens (including phenoxy) is 1. The molecule has 0 aliphatic carbocycles. The predicted molar refractivity (Wildman–Crippen MR) is 52.3 cm³/mol. The van der Waals surface area contributed by atoms with E-state index in [2.05, 4.69) is 0 Å². The van der Waals surface area contributed by atoms with Crippen molar-refractivity contribution < 1.29 is 19.4 Å². The van der Waals surface area contributed by atoms with Gasteiger partial charge in [0.05, 0.1) is 0 Å². The average molecular weight is 209 g/mol. The molecule has 0 bridgehead atoms. The van der Waals surface area contributed by atoms with Gasteiger partial charge >= 0.3 is 11.9 Å². The Bertz CT molecular complexity index is 372. The van der Waals surface area contributed by atoms with Crippen LogP contribution in [0.2, 0.25) is 0 Å². The largest absolute Gasteiger partial charge is 0.479 e. The van der Waals surface area contributed by atoms with Crippen molar-refractivity contribution in [3.63, 3.8) is 0 Å². The number of hydrogen-bond donors (Lipinski definition) is 2. The van der Waals surface area contributed by atoms with Crippen LogP contribution >= 0.6 is 0 Å². The second kappa shape index (κ2) is 4.10. The number of esters is 1. The second-order valence-electron chi connectivity index (χ2n) is 3.21. The van der Waals surface area contributed by atoms with E-state index in [0.717, 1.165) is 6.92 Å². The second-order valence-corrected chi connectivity index (χ2v) is 3.21. The number of carboxylic acid groups (broad SMARTS) is 1. The van der Waals surface area contributed by atoms with Gasteiger partial charge in [0, 0.05) is 0 Å². The van der Waals surface area contributed by atoms with Gasteiger partial charge in [0.25, 0.3) is 0 Å². The Hall–Kier alpha value is -1.88. The van der Waals surface area contributed by atoms with E-state index in [9.17, 15) is 9.59 Å². The van der Waals surface area contributed by atoms with Gasteiger partial charge in [0.15, 0.2) is 0 Å². The normalized spacial score (nSPS) is 14.0. The molecule has 1 unspecified atom stereocenters. The molecule has 0 amide bonds. The fraction of sp³-hybridized carbons (Fsp3) is 0.200. The van der Waals surface area contributed by atoms with Gasteiger partial charge in [0.2, 0.25) is 5.54 Å². The van der Waals surface area contributed by atoms with E-state index in [1.807, 2.05) is 0 Å². The quantitative estimate of drug-likeness (QED) is 0.427. The van der Waals surface area contributed by atoms with E-state index in [4.69, 9.17) is 15.6 Å². The Morgan fingerprint density at radius 2 is 1.87 bits per heavy atom. The molecule has 80 valence electrons. The van der Waals surface area contributed by atoms with Crippen molar-refractivity contribution in [3.8, 4) is 5.75 Å². The highest BCUT2D eigenvalue weighted by molar-refractivity contribution is 6.03. The van der Waals surface area contributed by atoms with E-state index in [0.29, 0.717) is 0 Å². The van der Waals surface area contributed by atoms with Crippen molar-refractivity contribution in [3.05, 3.63) is 30.3 Å². The molecule has 0 radical (unpaired) electrons. The molecule has 1 rings (SSSR count). The molecular weight excluding hydrogens is 198 g/mol. The van der Waals surface area contributed by atoms with Gasteiger partial charge in [-0.05, 0) is 19.1 Å². The number of carboxylic acids is 1. The number of carbonyl (C=O) groups is 2.